The van der Waals surface area contributed by atoms with Crippen molar-refractivity contribution in [1.82, 2.24) is 15.5 Å². The van der Waals surface area contributed by atoms with E-state index in [-0.39, 0.29) is 35.8 Å². The predicted octanol–water partition coefficient (Wildman–Crippen LogP) is 0.603. The number of carbonyl (C=O) groups is 1. The topological polar surface area (TPSA) is 90.9 Å². The number of amides is 1. The summed E-state index contributed by atoms with van der Waals surface area (Å²) in [4.78, 5) is 13.7. The molecular weight excluding hydrogens is 352 g/mol. The Morgan fingerprint density at radius 1 is 1.33 bits per heavy atom. The van der Waals surface area contributed by atoms with E-state index in [4.69, 9.17) is 0 Å². The first-order valence-corrected chi connectivity index (χ1v) is 8.94. The van der Waals surface area contributed by atoms with Gasteiger partial charge in [-0.05, 0) is 25.6 Å². The molecule has 1 aromatic rings. The van der Waals surface area contributed by atoms with E-state index in [1.165, 1.54) is 6.07 Å². The molecule has 0 aliphatic carbocycles. The molecule has 0 fully saturated rings. The second kappa shape index (κ2) is 8.46. The number of likely N-dealkylation sites (N-methyl/N-ethyl adjacent to an activating group) is 2. The number of carbonyl (C=O) groups excluding carboxylic acids is 1. The van der Waals surface area contributed by atoms with Crippen LogP contribution in [0.5, 0.6) is 0 Å². The predicted molar refractivity (Wildman–Crippen MR) is 96.2 cm³/mol. The lowest BCUT2D eigenvalue weighted by Crippen LogP contribution is -2.43. The molecule has 0 aromatic heterocycles. The van der Waals surface area contributed by atoms with Gasteiger partial charge in [0.2, 0.25) is 5.91 Å². The number of rotatable bonds is 6. The van der Waals surface area contributed by atoms with Gasteiger partial charge in [-0.15, -0.1) is 16.8 Å². The highest BCUT2D eigenvalue weighted by Crippen LogP contribution is 2.26. The standard InChI is InChI=1S/C15H22N4O3S.ClH/c1-4-16-11(2)9-17-14(20)10-19(3)15-12-7-5-6-8-13(12)23(21,22)18-15;/h5-8,11,16H,4,9-10H2,1-3H3,(H,17,20);1H/t11-;/m1./s1. The van der Waals surface area contributed by atoms with Crippen LogP contribution >= 0.6 is 12.4 Å². The van der Waals surface area contributed by atoms with Crippen LogP contribution in [0.4, 0.5) is 0 Å². The average molecular weight is 375 g/mol. The van der Waals surface area contributed by atoms with Crippen LogP contribution < -0.4 is 10.6 Å². The molecule has 134 valence electrons. The third-order valence-electron chi connectivity index (χ3n) is 3.51. The Morgan fingerprint density at radius 3 is 2.67 bits per heavy atom. The van der Waals surface area contributed by atoms with Crippen molar-refractivity contribution in [3.8, 4) is 0 Å². The van der Waals surface area contributed by atoms with Crippen molar-refractivity contribution in [3.05, 3.63) is 29.8 Å². The van der Waals surface area contributed by atoms with E-state index in [2.05, 4.69) is 15.0 Å². The first kappa shape index (κ1) is 20.4. The van der Waals surface area contributed by atoms with Crippen LogP contribution in [0.1, 0.15) is 19.4 Å². The maximum Gasteiger partial charge on any atom is 0.285 e. The summed E-state index contributed by atoms with van der Waals surface area (Å²) in [7, 11) is -2.01. The highest BCUT2D eigenvalue weighted by atomic mass is 35.5. The lowest BCUT2D eigenvalue weighted by Gasteiger charge is -2.19. The Labute approximate surface area is 149 Å². The molecule has 1 aliphatic heterocycles. The number of sulfonamides is 1. The molecule has 7 nitrogen and oxygen atoms in total. The molecule has 1 aliphatic rings. The first-order chi connectivity index (χ1) is 10.8. The summed E-state index contributed by atoms with van der Waals surface area (Å²) in [6.45, 7) is 5.38. The zero-order valence-corrected chi connectivity index (χ0v) is 15.6. The summed E-state index contributed by atoms with van der Waals surface area (Å²) in [5.41, 5.74) is 0.531. The van der Waals surface area contributed by atoms with Gasteiger partial charge in [-0.2, -0.15) is 8.42 Å². The number of nitrogens with zero attached hydrogens (tertiary/aromatic N) is 2. The lowest BCUT2D eigenvalue weighted by atomic mass is 10.2. The quantitative estimate of drug-likeness (QED) is 0.761. The zero-order valence-electron chi connectivity index (χ0n) is 13.9. The van der Waals surface area contributed by atoms with Crippen molar-refractivity contribution in [1.29, 1.82) is 0 Å². The number of amidine groups is 1. The monoisotopic (exact) mass is 374 g/mol. The summed E-state index contributed by atoms with van der Waals surface area (Å²) < 4.78 is 27.8. The lowest BCUT2D eigenvalue weighted by molar-refractivity contribution is -0.121. The van der Waals surface area contributed by atoms with E-state index in [1.54, 1.807) is 30.1 Å². The van der Waals surface area contributed by atoms with Crippen molar-refractivity contribution in [2.45, 2.75) is 24.8 Å². The summed E-state index contributed by atoms with van der Waals surface area (Å²) >= 11 is 0. The van der Waals surface area contributed by atoms with Crippen molar-refractivity contribution in [2.75, 3.05) is 26.7 Å². The molecule has 0 spiro atoms. The van der Waals surface area contributed by atoms with Crippen LogP contribution in [0.2, 0.25) is 0 Å². The fourth-order valence-electron chi connectivity index (χ4n) is 2.40. The van der Waals surface area contributed by atoms with E-state index >= 15 is 0 Å². The summed E-state index contributed by atoms with van der Waals surface area (Å²) in [5, 5.41) is 6.02. The Balaban J connectivity index is 0.00000288. The average Bonchev–Trinajstić information content (AvgIpc) is 2.78. The van der Waals surface area contributed by atoms with Crippen LogP contribution in [0.15, 0.2) is 33.6 Å². The summed E-state index contributed by atoms with van der Waals surface area (Å²) in [6, 6.07) is 6.80. The highest BCUT2D eigenvalue weighted by Gasteiger charge is 2.30. The van der Waals surface area contributed by atoms with Crippen molar-refractivity contribution in [2.24, 2.45) is 4.40 Å². The SMILES string of the molecule is CCN[C@H](C)CNC(=O)CN(C)C1=NS(=O)(=O)c2ccccc21.Cl. The van der Waals surface area contributed by atoms with Crippen LogP contribution in [-0.2, 0) is 14.8 Å². The van der Waals surface area contributed by atoms with E-state index in [1.807, 2.05) is 13.8 Å². The Bertz CT molecular complexity index is 721. The molecule has 0 saturated heterocycles. The van der Waals surface area contributed by atoms with Gasteiger partial charge in [-0.25, -0.2) is 0 Å². The van der Waals surface area contributed by atoms with E-state index in [0.29, 0.717) is 17.9 Å². The third kappa shape index (κ3) is 4.68. The fraction of sp³-hybridized carbons (Fsp3) is 0.467. The zero-order chi connectivity index (χ0) is 17.0. The molecule has 1 aromatic carbocycles. The van der Waals surface area contributed by atoms with Crippen molar-refractivity contribution >= 4 is 34.2 Å². The highest BCUT2D eigenvalue weighted by molar-refractivity contribution is 7.90. The summed E-state index contributed by atoms with van der Waals surface area (Å²) in [6.07, 6.45) is 0. The van der Waals surface area contributed by atoms with Crippen LogP contribution in [-0.4, -0.2) is 57.8 Å². The number of nitrogens with one attached hydrogen (secondary N) is 2. The van der Waals surface area contributed by atoms with Gasteiger partial charge in [0.05, 0.1) is 6.54 Å². The molecule has 1 heterocycles. The van der Waals surface area contributed by atoms with Crippen LogP contribution in [0, 0.1) is 0 Å². The number of fused-ring (bicyclic) bond motifs is 1. The molecule has 24 heavy (non-hydrogen) atoms. The van der Waals surface area contributed by atoms with E-state index < -0.39 is 10.0 Å². The van der Waals surface area contributed by atoms with Crippen molar-refractivity contribution in [3.63, 3.8) is 0 Å². The molecular formula is C15H23ClN4O3S. The maximum absolute atomic E-state index is 12.0. The Morgan fingerprint density at radius 2 is 2.00 bits per heavy atom. The van der Waals surface area contributed by atoms with Gasteiger partial charge < -0.3 is 15.5 Å². The van der Waals surface area contributed by atoms with Gasteiger partial charge in [-0.1, -0.05) is 19.1 Å². The van der Waals surface area contributed by atoms with Gasteiger partial charge >= 0.3 is 0 Å². The van der Waals surface area contributed by atoms with Crippen LogP contribution in [0.25, 0.3) is 0 Å². The molecule has 0 radical (unpaired) electrons. The minimum absolute atomic E-state index is 0. The van der Waals surface area contributed by atoms with E-state index in [9.17, 15) is 13.2 Å². The van der Waals surface area contributed by atoms with E-state index in [0.717, 1.165) is 6.54 Å². The molecule has 9 heteroatoms. The minimum atomic E-state index is -3.66. The molecule has 0 bridgehead atoms. The van der Waals surface area contributed by atoms with Gasteiger partial charge in [0.1, 0.15) is 4.90 Å². The molecule has 2 N–H and O–H groups in total. The minimum Gasteiger partial charge on any atom is -0.353 e. The van der Waals surface area contributed by atoms with Gasteiger partial charge in [0.25, 0.3) is 10.0 Å². The first-order valence-electron chi connectivity index (χ1n) is 7.50. The number of benzene rings is 1. The smallest absolute Gasteiger partial charge is 0.285 e. The number of hydrogen-bond donors (Lipinski definition) is 2. The maximum atomic E-state index is 12.0. The molecule has 2 rings (SSSR count). The molecule has 0 unspecified atom stereocenters. The van der Waals surface area contributed by atoms with Gasteiger partial charge in [-0.3, -0.25) is 4.79 Å². The molecule has 0 saturated carbocycles. The normalized spacial score (nSPS) is 15.7. The second-order valence-corrected chi connectivity index (χ2v) is 7.08. The summed E-state index contributed by atoms with van der Waals surface area (Å²) in [5.74, 6) is 0.122. The van der Waals surface area contributed by atoms with Crippen LogP contribution in [0.3, 0.4) is 0 Å². The Hall–Kier alpha value is -1.64. The van der Waals surface area contributed by atoms with Gasteiger partial charge in [0.15, 0.2) is 5.84 Å². The fourth-order valence-corrected chi connectivity index (χ4v) is 3.65. The third-order valence-corrected chi connectivity index (χ3v) is 4.84. The van der Waals surface area contributed by atoms with Gasteiger partial charge in [0, 0.05) is 25.2 Å². The molecule has 1 amide bonds. The second-order valence-electron chi connectivity index (χ2n) is 5.50. The van der Waals surface area contributed by atoms with Crippen molar-refractivity contribution < 1.29 is 13.2 Å². The number of halogens is 1. The largest absolute Gasteiger partial charge is 0.353 e. The molecule has 1 atom stereocenters. The Kier molecular flexibility index (Phi) is 7.19. The number of hydrogen-bond acceptors (Lipinski definition) is 5.